The van der Waals surface area contributed by atoms with Gasteiger partial charge in [0.1, 0.15) is 11.6 Å². The number of ether oxygens (including phenoxy) is 1. The average molecular weight is 373 g/mol. The molecule has 0 aliphatic carbocycles. The summed E-state index contributed by atoms with van der Waals surface area (Å²) >= 11 is 0. The van der Waals surface area contributed by atoms with Crippen LogP contribution in [0.25, 0.3) is 6.08 Å². The van der Waals surface area contributed by atoms with Gasteiger partial charge in [0.05, 0.1) is 12.2 Å². The van der Waals surface area contributed by atoms with Crippen molar-refractivity contribution in [3.63, 3.8) is 0 Å². The number of carbonyl (C=O) groups excluding carboxylic acids is 1. The van der Waals surface area contributed by atoms with Gasteiger partial charge in [-0.15, -0.1) is 0 Å². The summed E-state index contributed by atoms with van der Waals surface area (Å²) in [5.41, 5.74) is 1.84. The highest BCUT2D eigenvalue weighted by atomic mass is 16.6. The highest BCUT2D eigenvalue weighted by Crippen LogP contribution is 2.18. The Bertz CT molecular complexity index is 682. The number of carbonyl (C=O) groups is 1. The number of nitrogens with zero attached hydrogens (tertiary/aromatic N) is 2. The fraction of sp³-hybridized carbons (Fsp3) is 0.500. The Morgan fingerprint density at radius 2 is 1.96 bits per heavy atom. The number of hydrogen-bond acceptors (Lipinski definition) is 6. The van der Waals surface area contributed by atoms with Crippen LogP contribution in [0.2, 0.25) is 0 Å². The molecule has 0 saturated carbocycles. The Balaban J connectivity index is 1.98. The third-order valence-corrected chi connectivity index (χ3v) is 4.55. The quantitative estimate of drug-likeness (QED) is 0.493. The van der Waals surface area contributed by atoms with E-state index in [-0.39, 0.29) is 18.5 Å². The van der Waals surface area contributed by atoms with Gasteiger partial charge in [-0.3, -0.25) is 4.79 Å². The predicted molar refractivity (Wildman–Crippen MR) is 103 cm³/mol. The van der Waals surface area contributed by atoms with Crippen LogP contribution in [0.5, 0.6) is 0 Å². The molecule has 7 nitrogen and oxygen atoms in total. The van der Waals surface area contributed by atoms with Gasteiger partial charge < -0.3 is 25.2 Å². The first-order chi connectivity index (χ1) is 13.0. The molecule has 27 heavy (non-hydrogen) atoms. The van der Waals surface area contributed by atoms with Crippen LogP contribution in [0, 0.1) is 11.3 Å². The van der Waals surface area contributed by atoms with Crippen LogP contribution in [0.3, 0.4) is 0 Å². The molecule has 0 bridgehead atoms. The molecule has 1 aromatic rings. The van der Waals surface area contributed by atoms with Crippen molar-refractivity contribution in [3.05, 3.63) is 35.4 Å². The molecule has 1 aromatic carbocycles. The molecule has 3 unspecified atom stereocenters. The van der Waals surface area contributed by atoms with Crippen molar-refractivity contribution in [1.82, 2.24) is 5.32 Å². The third-order valence-electron chi connectivity index (χ3n) is 4.55. The lowest BCUT2D eigenvalue weighted by Gasteiger charge is -2.30. The van der Waals surface area contributed by atoms with Gasteiger partial charge in [0.25, 0.3) is 5.91 Å². The van der Waals surface area contributed by atoms with Crippen LogP contribution in [0.4, 0.5) is 5.69 Å². The molecule has 7 heteroatoms. The molecule has 2 rings (SSSR count). The number of benzene rings is 1. The SMILES string of the molecule is CCN(CC)c1ccc(/C=C(\C#N)C(=O)NCC2CC(O)CC(O)O2)cc1. The highest BCUT2D eigenvalue weighted by molar-refractivity contribution is 6.01. The summed E-state index contributed by atoms with van der Waals surface area (Å²) in [6.45, 7) is 6.11. The number of rotatable bonds is 7. The van der Waals surface area contributed by atoms with Crippen LogP contribution in [-0.4, -0.2) is 54.3 Å². The summed E-state index contributed by atoms with van der Waals surface area (Å²) in [6, 6.07) is 9.58. The van der Waals surface area contributed by atoms with E-state index in [1.807, 2.05) is 30.3 Å². The van der Waals surface area contributed by atoms with E-state index >= 15 is 0 Å². The maximum atomic E-state index is 12.3. The van der Waals surface area contributed by atoms with Gasteiger partial charge in [-0.2, -0.15) is 5.26 Å². The van der Waals surface area contributed by atoms with Gasteiger partial charge in [0.15, 0.2) is 6.29 Å². The maximum Gasteiger partial charge on any atom is 0.262 e. The Labute approximate surface area is 159 Å². The van der Waals surface area contributed by atoms with Gasteiger partial charge in [-0.25, -0.2) is 0 Å². The number of nitrogens with one attached hydrogen (secondary N) is 1. The van der Waals surface area contributed by atoms with Crippen molar-refractivity contribution in [1.29, 1.82) is 5.26 Å². The van der Waals surface area contributed by atoms with E-state index in [1.165, 1.54) is 6.08 Å². The molecule has 3 N–H and O–H groups in total. The molecule has 3 atom stereocenters. The van der Waals surface area contributed by atoms with Crippen molar-refractivity contribution < 1.29 is 19.7 Å². The van der Waals surface area contributed by atoms with Crippen LogP contribution in [-0.2, 0) is 9.53 Å². The monoisotopic (exact) mass is 373 g/mol. The summed E-state index contributed by atoms with van der Waals surface area (Å²) < 4.78 is 5.27. The molecule has 1 fully saturated rings. The van der Waals surface area contributed by atoms with E-state index < -0.39 is 24.4 Å². The molecule has 1 saturated heterocycles. The van der Waals surface area contributed by atoms with Crippen molar-refractivity contribution >= 4 is 17.7 Å². The van der Waals surface area contributed by atoms with Crippen molar-refractivity contribution in [2.24, 2.45) is 0 Å². The molecule has 0 aromatic heterocycles. The second-order valence-corrected chi connectivity index (χ2v) is 6.48. The Morgan fingerprint density at radius 1 is 1.30 bits per heavy atom. The average Bonchev–Trinajstić information content (AvgIpc) is 2.65. The molecule has 146 valence electrons. The fourth-order valence-corrected chi connectivity index (χ4v) is 3.08. The predicted octanol–water partition coefficient (Wildman–Crippen LogP) is 1.41. The van der Waals surface area contributed by atoms with Crippen LogP contribution >= 0.6 is 0 Å². The first-order valence-corrected chi connectivity index (χ1v) is 9.23. The molecule has 1 heterocycles. The first-order valence-electron chi connectivity index (χ1n) is 9.23. The second kappa shape index (κ2) is 10.1. The minimum absolute atomic E-state index is 0.0116. The number of anilines is 1. The number of amides is 1. The lowest BCUT2D eigenvalue weighted by molar-refractivity contribution is -0.187. The minimum atomic E-state index is -1.04. The zero-order valence-electron chi connectivity index (χ0n) is 15.8. The summed E-state index contributed by atoms with van der Waals surface area (Å²) in [5, 5.41) is 31.1. The molecule has 1 amide bonds. The van der Waals surface area contributed by atoms with E-state index in [1.54, 1.807) is 0 Å². The molecular formula is C20H27N3O4. The molecule has 0 radical (unpaired) electrons. The van der Waals surface area contributed by atoms with Crippen molar-refractivity contribution in [3.8, 4) is 6.07 Å². The van der Waals surface area contributed by atoms with Gasteiger partial charge in [-0.05, 0) is 37.6 Å². The summed E-state index contributed by atoms with van der Waals surface area (Å²) in [4.78, 5) is 14.5. The van der Waals surface area contributed by atoms with E-state index in [9.17, 15) is 20.3 Å². The fourth-order valence-electron chi connectivity index (χ4n) is 3.08. The third kappa shape index (κ3) is 6.07. The zero-order chi connectivity index (χ0) is 19.8. The summed E-state index contributed by atoms with van der Waals surface area (Å²) in [7, 11) is 0. The van der Waals surface area contributed by atoms with Crippen molar-refractivity contribution in [2.75, 3.05) is 24.5 Å². The molecule has 1 aliphatic rings. The van der Waals surface area contributed by atoms with Gasteiger partial charge >= 0.3 is 0 Å². The Morgan fingerprint density at radius 3 is 2.52 bits per heavy atom. The summed E-state index contributed by atoms with van der Waals surface area (Å²) in [5.74, 6) is -0.511. The molecular weight excluding hydrogens is 346 g/mol. The van der Waals surface area contributed by atoms with E-state index in [4.69, 9.17) is 4.74 Å². The lowest BCUT2D eigenvalue weighted by Crippen LogP contribution is -2.42. The van der Waals surface area contributed by atoms with Gasteiger partial charge in [0, 0.05) is 38.2 Å². The van der Waals surface area contributed by atoms with E-state index in [2.05, 4.69) is 24.1 Å². The van der Waals surface area contributed by atoms with Crippen LogP contribution < -0.4 is 10.2 Å². The van der Waals surface area contributed by atoms with Crippen LogP contribution in [0.1, 0.15) is 32.3 Å². The highest BCUT2D eigenvalue weighted by Gasteiger charge is 2.27. The Hall–Kier alpha value is -2.40. The topological polar surface area (TPSA) is 106 Å². The molecule has 1 aliphatic heterocycles. The second-order valence-electron chi connectivity index (χ2n) is 6.48. The number of aliphatic hydroxyl groups excluding tert-OH is 2. The van der Waals surface area contributed by atoms with Gasteiger partial charge in [-0.1, -0.05) is 12.1 Å². The van der Waals surface area contributed by atoms with E-state index in [0.29, 0.717) is 6.42 Å². The lowest BCUT2D eigenvalue weighted by atomic mass is 10.0. The number of hydrogen-bond donors (Lipinski definition) is 3. The maximum absolute atomic E-state index is 12.3. The van der Waals surface area contributed by atoms with Crippen LogP contribution in [0.15, 0.2) is 29.8 Å². The molecule has 0 spiro atoms. The zero-order valence-corrected chi connectivity index (χ0v) is 15.8. The smallest absolute Gasteiger partial charge is 0.262 e. The standard InChI is InChI=1S/C20H27N3O4/c1-3-23(4-2)16-7-5-14(6-8-16)9-15(12-21)20(26)22-13-18-10-17(24)11-19(25)27-18/h5-9,17-19,24-25H,3-4,10-11,13H2,1-2H3,(H,22,26)/b15-9+. The van der Waals surface area contributed by atoms with Crippen molar-refractivity contribution in [2.45, 2.75) is 45.2 Å². The minimum Gasteiger partial charge on any atom is -0.393 e. The van der Waals surface area contributed by atoms with Gasteiger partial charge in [0.2, 0.25) is 0 Å². The normalized spacial score (nSPS) is 22.8. The first kappa shape index (κ1) is 20.9. The summed E-state index contributed by atoms with van der Waals surface area (Å²) in [6.07, 6.45) is -0.155. The Kier molecular flexibility index (Phi) is 7.80. The largest absolute Gasteiger partial charge is 0.393 e. The number of aliphatic hydroxyl groups is 2. The number of nitriles is 1. The van der Waals surface area contributed by atoms with E-state index in [0.717, 1.165) is 24.3 Å².